The molecule has 0 atom stereocenters. The highest BCUT2D eigenvalue weighted by molar-refractivity contribution is 6.04. The van der Waals surface area contributed by atoms with Gasteiger partial charge in [0.1, 0.15) is 18.0 Å². The van der Waals surface area contributed by atoms with Crippen LogP contribution in [0.25, 0.3) is 5.69 Å². The Bertz CT molecular complexity index is 1550. The van der Waals surface area contributed by atoms with Crippen LogP contribution in [-0.4, -0.2) is 27.6 Å². The van der Waals surface area contributed by atoms with Crippen molar-refractivity contribution >= 4 is 17.4 Å². The second-order valence-corrected chi connectivity index (χ2v) is 9.06. The van der Waals surface area contributed by atoms with Gasteiger partial charge in [0.15, 0.2) is 23.1 Å². The Morgan fingerprint density at radius 1 is 1.11 bits per heavy atom. The Hall–Kier alpha value is -4.73. The number of carbonyl (C=O) groups excluding carboxylic acids is 1. The lowest BCUT2D eigenvalue weighted by atomic mass is 10.1. The summed E-state index contributed by atoms with van der Waals surface area (Å²) in [5.74, 6) is -0.832. The zero-order chi connectivity index (χ0) is 26.2. The van der Waals surface area contributed by atoms with Crippen molar-refractivity contribution in [3.63, 3.8) is 0 Å². The molecular weight excluding hydrogens is 482 g/mol. The highest BCUT2D eigenvalue weighted by Gasteiger charge is 2.29. The first kappa shape index (κ1) is 24.0. The maximum Gasteiger partial charge on any atom is 0.267 e. The van der Waals surface area contributed by atoms with E-state index in [9.17, 15) is 18.4 Å². The Kier molecular flexibility index (Phi) is 6.08. The fourth-order valence-electron chi connectivity index (χ4n) is 3.80. The van der Waals surface area contributed by atoms with Gasteiger partial charge in [-0.15, -0.1) is 0 Å². The first-order chi connectivity index (χ1) is 17.7. The van der Waals surface area contributed by atoms with Crippen molar-refractivity contribution in [1.29, 1.82) is 0 Å². The van der Waals surface area contributed by atoms with Gasteiger partial charge < -0.3 is 20.1 Å². The number of ether oxygens (including phenoxy) is 2. The van der Waals surface area contributed by atoms with E-state index in [1.54, 1.807) is 6.07 Å². The molecule has 2 N–H and O–H groups in total. The summed E-state index contributed by atoms with van der Waals surface area (Å²) in [6.45, 7) is 4.30. The zero-order valence-electron chi connectivity index (χ0n) is 19.9. The molecule has 0 radical (unpaired) electrons. The Morgan fingerprint density at radius 3 is 2.65 bits per heavy atom. The number of anilines is 2. The standard InChI is InChI=1S/C27H22F2N4O4/c1-27(2)15-36-23-22(11-12-30-24(23)32-27)37-21-10-7-17(14-20(21)29)31-25(34)19-4-3-13-33(26(19)35)18-8-5-16(28)6-9-18/h3-14H,15H2,1-2H3,(H,30,32)(H,31,34). The molecule has 188 valence electrons. The smallest absolute Gasteiger partial charge is 0.267 e. The van der Waals surface area contributed by atoms with Crippen LogP contribution in [0.2, 0.25) is 0 Å². The third-order valence-corrected chi connectivity index (χ3v) is 5.61. The molecule has 4 aromatic rings. The lowest BCUT2D eigenvalue weighted by Crippen LogP contribution is -2.41. The summed E-state index contributed by atoms with van der Waals surface area (Å²) in [6.07, 6.45) is 2.99. The van der Waals surface area contributed by atoms with E-state index in [4.69, 9.17) is 9.47 Å². The molecule has 0 spiro atoms. The number of pyridine rings is 2. The van der Waals surface area contributed by atoms with E-state index < -0.39 is 23.1 Å². The van der Waals surface area contributed by atoms with Crippen molar-refractivity contribution in [1.82, 2.24) is 9.55 Å². The molecular formula is C27H22F2N4O4. The summed E-state index contributed by atoms with van der Waals surface area (Å²) >= 11 is 0. The summed E-state index contributed by atoms with van der Waals surface area (Å²) in [5, 5.41) is 5.77. The maximum absolute atomic E-state index is 14.9. The lowest BCUT2D eigenvalue weighted by Gasteiger charge is -2.33. The number of halogens is 2. The van der Waals surface area contributed by atoms with Gasteiger partial charge in [-0.25, -0.2) is 13.8 Å². The van der Waals surface area contributed by atoms with Crippen LogP contribution in [0.1, 0.15) is 24.2 Å². The van der Waals surface area contributed by atoms with Crippen LogP contribution >= 0.6 is 0 Å². The molecule has 0 unspecified atom stereocenters. The van der Waals surface area contributed by atoms with Crippen LogP contribution in [-0.2, 0) is 0 Å². The monoisotopic (exact) mass is 504 g/mol. The maximum atomic E-state index is 14.9. The van der Waals surface area contributed by atoms with Gasteiger partial charge in [0, 0.05) is 35.9 Å². The second-order valence-electron chi connectivity index (χ2n) is 9.06. The molecule has 0 fully saturated rings. The molecule has 8 nitrogen and oxygen atoms in total. The minimum absolute atomic E-state index is 0.0850. The van der Waals surface area contributed by atoms with Gasteiger partial charge in [0.25, 0.3) is 11.5 Å². The number of hydrogen-bond donors (Lipinski definition) is 2. The third kappa shape index (κ3) is 4.99. The fraction of sp³-hybridized carbons (Fsp3) is 0.148. The van der Waals surface area contributed by atoms with Crippen molar-refractivity contribution in [2.24, 2.45) is 0 Å². The molecule has 5 rings (SSSR count). The average Bonchev–Trinajstić information content (AvgIpc) is 2.86. The summed E-state index contributed by atoms with van der Waals surface area (Å²) in [6, 6.07) is 13.6. The average molecular weight is 504 g/mol. The Morgan fingerprint density at radius 2 is 1.89 bits per heavy atom. The zero-order valence-corrected chi connectivity index (χ0v) is 19.9. The molecule has 0 saturated heterocycles. The number of fused-ring (bicyclic) bond motifs is 1. The highest BCUT2D eigenvalue weighted by atomic mass is 19.1. The molecule has 3 heterocycles. The van der Waals surface area contributed by atoms with E-state index in [-0.39, 0.29) is 28.3 Å². The van der Waals surface area contributed by atoms with Crippen LogP contribution in [0, 0.1) is 11.6 Å². The third-order valence-electron chi connectivity index (χ3n) is 5.61. The van der Waals surface area contributed by atoms with Gasteiger partial charge in [0.2, 0.25) is 5.75 Å². The quantitative estimate of drug-likeness (QED) is 0.391. The van der Waals surface area contributed by atoms with Crippen molar-refractivity contribution in [2.75, 3.05) is 17.2 Å². The summed E-state index contributed by atoms with van der Waals surface area (Å²) in [4.78, 5) is 29.9. The number of nitrogens with one attached hydrogen (secondary N) is 2. The Balaban J connectivity index is 1.34. The molecule has 1 aliphatic rings. The SMILES string of the molecule is CC1(C)COc2c(Oc3ccc(NC(=O)c4cccn(-c5ccc(F)cc5)c4=O)cc3F)ccnc2N1. The predicted octanol–water partition coefficient (Wildman–Crippen LogP) is 5.14. The van der Waals surface area contributed by atoms with Gasteiger partial charge in [-0.3, -0.25) is 14.2 Å². The normalized spacial score (nSPS) is 13.6. The number of carbonyl (C=O) groups is 1. The fourth-order valence-corrected chi connectivity index (χ4v) is 3.80. The summed E-state index contributed by atoms with van der Waals surface area (Å²) < 4.78 is 40.9. The first-order valence-electron chi connectivity index (χ1n) is 11.4. The number of hydrogen-bond acceptors (Lipinski definition) is 6. The van der Waals surface area contributed by atoms with Gasteiger partial charge >= 0.3 is 0 Å². The molecule has 2 aromatic heterocycles. The van der Waals surface area contributed by atoms with E-state index in [0.717, 1.165) is 6.07 Å². The highest BCUT2D eigenvalue weighted by Crippen LogP contribution is 2.41. The van der Waals surface area contributed by atoms with Crippen LogP contribution in [0.4, 0.5) is 20.3 Å². The van der Waals surface area contributed by atoms with Gasteiger partial charge in [-0.05, 0) is 62.4 Å². The number of amides is 1. The lowest BCUT2D eigenvalue weighted by molar-refractivity contribution is 0.102. The topological polar surface area (TPSA) is 94.5 Å². The number of rotatable bonds is 5. The van der Waals surface area contributed by atoms with Crippen LogP contribution < -0.4 is 25.7 Å². The van der Waals surface area contributed by atoms with Gasteiger partial charge in [-0.1, -0.05) is 0 Å². The van der Waals surface area contributed by atoms with E-state index in [1.165, 1.54) is 65.5 Å². The largest absolute Gasteiger partial charge is 0.484 e. The van der Waals surface area contributed by atoms with Crippen LogP contribution in [0.5, 0.6) is 17.2 Å². The number of nitrogens with zero attached hydrogens (tertiary/aromatic N) is 2. The molecule has 2 aromatic carbocycles. The van der Waals surface area contributed by atoms with Crippen LogP contribution in [0.15, 0.2) is 77.9 Å². The summed E-state index contributed by atoms with van der Waals surface area (Å²) in [5.41, 5.74) is -0.558. The van der Waals surface area contributed by atoms with E-state index >= 15 is 0 Å². The van der Waals surface area contributed by atoms with Crippen molar-refractivity contribution in [3.05, 3.63) is 101 Å². The Labute approximate surface area is 210 Å². The van der Waals surface area contributed by atoms with Gasteiger partial charge in [0.05, 0.1) is 5.54 Å². The first-order valence-corrected chi connectivity index (χ1v) is 11.4. The molecule has 1 amide bonds. The van der Waals surface area contributed by atoms with Crippen molar-refractivity contribution in [2.45, 2.75) is 19.4 Å². The minimum Gasteiger partial charge on any atom is -0.484 e. The van der Waals surface area contributed by atoms with Crippen molar-refractivity contribution < 1.29 is 23.0 Å². The molecule has 37 heavy (non-hydrogen) atoms. The predicted molar refractivity (Wildman–Crippen MR) is 134 cm³/mol. The molecule has 0 aliphatic carbocycles. The van der Waals surface area contributed by atoms with E-state index in [2.05, 4.69) is 15.6 Å². The molecule has 1 aliphatic heterocycles. The van der Waals surface area contributed by atoms with Crippen LogP contribution in [0.3, 0.4) is 0 Å². The number of benzene rings is 2. The van der Waals surface area contributed by atoms with E-state index in [1.807, 2.05) is 13.8 Å². The second kappa shape index (κ2) is 9.38. The molecule has 0 bridgehead atoms. The molecule has 0 saturated carbocycles. The minimum atomic E-state index is -0.732. The number of aromatic nitrogens is 2. The van der Waals surface area contributed by atoms with Crippen molar-refractivity contribution in [3.8, 4) is 22.9 Å². The van der Waals surface area contributed by atoms with E-state index in [0.29, 0.717) is 23.9 Å². The summed E-state index contributed by atoms with van der Waals surface area (Å²) in [7, 11) is 0. The molecule has 10 heteroatoms. The van der Waals surface area contributed by atoms with Gasteiger partial charge in [-0.2, -0.15) is 0 Å².